The van der Waals surface area contributed by atoms with Gasteiger partial charge in [-0.15, -0.1) is 0 Å². The highest BCUT2D eigenvalue weighted by Gasteiger charge is 2.29. The summed E-state index contributed by atoms with van der Waals surface area (Å²) in [5.41, 5.74) is 1.47. The van der Waals surface area contributed by atoms with E-state index in [1.54, 1.807) is 29.2 Å². The molecule has 0 aliphatic carbocycles. The van der Waals surface area contributed by atoms with Crippen LogP contribution in [0.2, 0.25) is 0 Å². The SMILES string of the molecule is O=Cc1ccc(C(=O)N2CCC(C(O)c3ccc(F)cc3)CC2)[nH]1. The number of nitrogens with zero attached hydrogens (tertiary/aromatic N) is 1. The summed E-state index contributed by atoms with van der Waals surface area (Å²) in [5.74, 6) is -0.432. The van der Waals surface area contributed by atoms with Crippen molar-refractivity contribution >= 4 is 12.2 Å². The molecule has 24 heavy (non-hydrogen) atoms. The second-order valence-corrected chi connectivity index (χ2v) is 6.07. The molecular formula is C18H19FN2O3. The Hall–Kier alpha value is -2.47. The summed E-state index contributed by atoms with van der Waals surface area (Å²) in [6.45, 7) is 1.08. The van der Waals surface area contributed by atoms with Gasteiger partial charge in [0.2, 0.25) is 0 Å². The number of aromatic nitrogens is 1. The number of aldehydes is 1. The minimum Gasteiger partial charge on any atom is -0.388 e. The summed E-state index contributed by atoms with van der Waals surface area (Å²) < 4.78 is 13.0. The lowest BCUT2D eigenvalue weighted by Crippen LogP contribution is -2.40. The van der Waals surface area contributed by atoms with Crippen molar-refractivity contribution in [3.63, 3.8) is 0 Å². The van der Waals surface area contributed by atoms with E-state index in [1.165, 1.54) is 12.1 Å². The van der Waals surface area contributed by atoms with E-state index in [4.69, 9.17) is 0 Å². The molecule has 1 unspecified atom stereocenters. The molecule has 1 aliphatic rings. The summed E-state index contributed by atoms with van der Waals surface area (Å²) in [4.78, 5) is 27.6. The number of hydrogen-bond donors (Lipinski definition) is 2. The molecule has 126 valence electrons. The Balaban J connectivity index is 1.59. The first kappa shape index (κ1) is 16.4. The van der Waals surface area contributed by atoms with E-state index in [9.17, 15) is 19.1 Å². The minimum absolute atomic E-state index is 0.0358. The highest BCUT2D eigenvalue weighted by molar-refractivity contribution is 5.93. The fourth-order valence-corrected chi connectivity index (χ4v) is 3.13. The molecule has 1 aromatic carbocycles. The molecule has 6 heteroatoms. The number of nitrogens with one attached hydrogen (secondary N) is 1. The van der Waals surface area contributed by atoms with Gasteiger partial charge in [-0.1, -0.05) is 12.1 Å². The van der Waals surface area contributed by atoms with Gasteiger partial charge in [0.25, 0.3) is 5.91 Å². The van der Waals surface area contributed by atoms with E-state index in [0.717, 1.165) is 0 Å². The van der Waals surface area contributed by atoms with Gasteiger partial charge < -0.3 is 15.0 Å². The van der Waals surface area contributed by atoms with Gasteiger partial charge in [-0.2, -0.15) is 0 Å². The fourth-order valence-electron chi connectivity index (χ4n) is 3.13. The van der Waals surface area contributed by atoms with Crippen LogP contribution in [0.3, 0.4) is 0 Å². The first-order valence-electron chi connectivity index (χ1n) is 7.95. The van der Waals surface area contributed by atoms with Crippen LogP contribution in [0.4, 0.5) is 4.39 Å². The quantitative estimate of drug-likeness (QED) is 0.846. The van der Waals surface area contributed by atoms with Crippen molar-refractivity contribution in [3.8, 4) is 0 Å². The molecule has 2 aromatic rings. The van der Waals surface area contributed by atoms with Crippen molar-refractivity contribution in [2.75, 3.05) is 13.1 Å². The monoisotopic (exact) mass is 330 g/mol. The normalized spacial score (nSPS) is 16.8. The summed E-state index contributed by atoms with van der Waals surface area (Å²) in [7, 11) is 0. The van der Waals surface area contributed by atoms with Crippen LogP contribution < -0.4 is 0 Å². The molecule has 1 aliphatic heterocycles. The molecule has 2 N–H and O–H groups in total. The van der Waals surface area contributed by atoms with Gasteiger partial charge in [0.15, 0.2) is 6.29 Å². The number of H-pyrrole nitrogens is 1. The molecular weight excluding hydrogens is 311 g/mol. The summed E-state index contributed by atoms with van der Waals surface area (Å²) in [6.07, 6.45) is 1.36. The van der Waals surface area contributed by atoms with Crippen LogP contribution >= 0.6 is 0 Å². The number of likely N-dealkylation sites (tertiary alicyclic amines) is 1. The van der Waals surface area contributed by atoms with Gasteiger partial charge >= 0.3 is 0 Å². The Morgan fingerprint density at radius 2 is 1.88 bits per heavy atom. The van der Waals surface area contributed by atoms with Gasteiger partial charge in [-0.3, -0.25) is 9.59 Å². The second kappa shape index (κ2) is 6.97. The van der Waals surface area contributed by atoms with Gasteiger partial charge in [0.05, 0.1) is 11.8 Å². The largest absolute Gasteiger partial charge is 0.388 e. The minimum atomic E-state index is -0.657. The lowest BCUT2D eigenvalue weighted by atomic mass is 9.87. The average molecular weight is 330 g/mol. The molecule has 1 fully saturated rings. The third-order valence-electron chi connectivity index (χ3n) is 4.55. The van der Waals surface area contributed by atoms with Crippen LogP contribution in [0.5, 0.6) is 0 Å². The topological polar surface area (TPSA) is 73.4 Å². The third-order valence-corrected chi connectivity index (χ3v) is 4.55. The van der Waals surface area contributed by atoms with Crippen LogP contribution in [0, 0.1) is 11.7 Å². The summed E-state index contributed by atoms with van der Waals surface area (Å²) >= 11 is 0. The van der Waals surface area contributed by atoms with Crippen molar-refractivity contribution in [2.24, 2.45) is 5.92 Å². The average Bonchev–Trinajstić information content (AvgIpc) is 3.10. The molecule has 0 saturated carbocycles. The van der Waals surface area contributed by atoms with Gasteiger partial charge in [-0.25, -0.2) is 4.39 Å². The molecule has 0 radical (unpaired) electrons. The number of halogens is 1. The second-order valence-electron chi connectivity index (χ2n) is 6.07. The number of hydrogen-bond acceptors (Lipinski definition) is 3. The van der Waals surface area contributed by atoms with Crippen LogP contribution in [0.25, 0.3) is 0 Å². The lowest BCUT2D eigenvalue weighted by Gasteiger charge is -2.34. The highest BCUT2D eigenvalue weighted by Crippen LogP contribution is 2.31. The zero-order chi connectivity index (χ0) is 17.1. The molecule has 2 heterocycles. The molecule has 1 aromatic heterocycles. The Morgan fingerprint density at radius 1 is 1.21 bits per heavy atom. The van der Waals surface area contributed by atoms with E-state index in [1.807, 2.05) is 0 Å². The van der Waals surface area contributed by atoms with Crippen LogP contribution in [-0.4, -0.2) is 40.3 Å². The Bertz CT molecular complexity index is 718. The predicted molar refractivity (Wildman–Crippen MR) is 86.2 cm³/mol. The zero-order valence-corrected chi connectivity index (χ0v) is 13.1. The number of amides is 1. The predicted octanol–water partition coefficient (Wildman–Crippen LogP) is 2.55. The van der Waals surface area contributed by atoms with Gasteiger partial charge in [0, 0.05) is 13.1 Å². The maximum Gasteiger partial charge on any atom is 0.270 e. The van der Waals surface area contributed by atoms with E-state index in [-0.39, 0.29) is 17.6 Å². The number of carbonyl (C=O) groups is 2. The van der Waals surface area contributed by atoms with Crippen LogP contribution in [-0.2, 0) is 0 Å². The molecule has 0 spiro atoms. The summed E-state index contributed by atoms with van der Waals surface area (Å²) in [5, 5.41) is 10.4. The maximum atomic E-state index is 13.0. The number of rotatable bonds is 4. The van der Waals surface area contributed by atoms with Crippen molar-refractivity contribution in [1.29, 1.82) is 0 Å². The first-order valence-corrected chi connectivity index (χ1v) is 7.95. The molecule has 1 amide bonds. The van der Waals surface area contributed by atoms with Crippen molar-refractivity contribution in [2.45, 2.75) is 18.9 Å². The zero-order valence-electron chi connectivity index (χ0n) is 13.1. The van der Waals surface area contributed by atoms with Crippen LogP contribution in [0.1, 0.15) is 45.5 Å². The standard InChI is InChI=1S/C18H19FN2O3/c19-14-3-1-12(2-4-14)17(23)13-7-9-21(10-8-13)18(24)16-6-5-15(11-22)20-16/h1-6,11,13,17,20,23H,7-10H2. The Morgan fingerprint density at radius 3 is 2.46 bits per heavy atom. The van der Waals surface area contributed by atoms with Crippen LogP contribution in [0.15, 0.2) is 36.4 Å². The van der Waals surface area contributed by atoms with E-state index in [2.05, 4.69) is 4.98 Å². The molecule has 1 atom stereocenters. The molecule has 1 saturated heterocycles. The molecule has 3 rings (SSSR count). The smallest absolute Gasteiger partial charge is 0.270 e. The Labute approximate surface area is 139 Å². The van der Waals surface area contributed by atoms with Gasteiger partial charge in [-0.05, 0) is 48.6 Å². The maximum absolute atomic E-state index is 13.0. The van der Waals surface area contributed by atoms with E-state index < -0.39 is 6.10 Å². The number of aromatic amines is 1. The Kier molecular flexibility index (Phi) is 4.76. The third kappa shape index (κ3) is 3.38. The number of benzene rings is 1. The van der Waals surface area contributed by atoms with Gasteiger partial charge in [0.1, 0.15) is 11.5 Å². The number of piperidine rings is 1. The number of aliphatic hydroxyl groups is 1. The highest BCUT2D eigenvalue weighted by atomic mass is 19.1. The number of aliphatic hydroxyl groups excluding tert-OH is 1. The van der Waals surface area contributed by atoms with Crippen molar-refractivity contribution in [3.05, 3.63) is 59.2 Å². The van der Waals surface area contributed by atoms with E-state index >= 15 is 0 Å². The molecule has 5 nitrogen and oxygen atoms in total. The first-order chi connectivity index (χ1) is 11.6. The number of carbonyl (C=O) groups excluding carboxylic acids is 2. The lowest BCUT2D eigenvalue weighted by molar-refractivity contribution is 0.0459. The van der Waals surface area contributed by atoms with Crippen molar-refractivity contribution < 1.29 is 19.1 Å². The fraction of sp³-hybridized carbons (Fsp3) is 0.333. The molecule has 0 bridgehead atoms. The van der Waals surface area contributed by atoms with E-state index in [0.29, 0.717) is 49.2 Å². The summed E-state index contributed by atoms with van der Waals surface area (Å²) in [6, 6.07) is 9.05. The van der Waals surface area contributed by atoms with Crippen molar-refractivity contribution in [1.82, 2.24) is 9.88 Å².